The average Bonchev–Trinajstić information content (AvgIpc) is 3.07. The SMILES string of the molecule is CN(C)c1ccc(-c2cc(Br)c(C3OCCO3)s2)cc1. The van der Waals surface area contributed by atoms with Gasteiger partial charge in [-0.05, 0) is 39.7 Å². The Bertz CT molecular complexity index is 588. The predicted molar refractivity (Wildman–Crippen MR) is 86.4 cm³/mol. The van der Waals surface area contributed by atoms with Crippen LogP contribution in [0.15, 0.2) is 34.8 Å². The number of thiophene rings is 1. The van der Waals surface area contributed by atoms with Crippen LogP contribution in [0, 0.1) is 0 Å². The summed E-state index contributed by atoms with van der Waals surface area (Å²) in [6, 6.07) is 10.7. The van der Waals surface area contributed by atoms with Crippen LogP contribution < -0.4 is 4.90 Å². The minimum absolute atomic E-state index is 0.218. The molecule has 0 atom stereocenters. The van der Waals surface area contributed by atoms with Crippen LogP contribution in [0.3, 0.4) is 0 Å². The summed E-state index contributed by atoms with van der Waals surface area (Å²) in [7, 11) is 4.09. The van der Waals surface area contributed by atoms with Gasteiger partial charge in [-0.3, -0.25) is 0 Å². The van der Waals surface area contributed by atoms with Crippen molar-refractivity contribution in [3.8, 4) is 10.4 Å². The van der Waals surface area contributed by atoms with Gasteiger partial charge >= 0.3 is 0 Å². The lowest BCUT2D eigenvalue weighted by Gasteiger charge is -2.12. The maximum atomic E-state index is 5.57. The molecule has 0 spiro atoms. The molecular weight excluding hydrogens is 338 g/mol. The summed E-state index contributed by atoms with van der Waals surface area (Å²) in [4.78, 5) is 4.42. The zero-order valence-corrected chi connectivity index (χ0v) is 13.8. The van der Waals surface area contributed by atoms with Gasteiger partial charge in [0.05, 0.1) is 18.1 Å². The summed E-state index contributed by atoms with van der Waals surface area (Å²) in [6.45, 7) is 1.34. The van der Waals surface area contributed by atoms with Crippen LogP contribution in [0.2, 0.25) is 0 Å². The van der Waals surface area contributed by atoms with Crippen molar-refractivity contribution in [3.63, 3.8) is 0 Å². The lowest BCUT2D eigenvalue weighted by atomic mass is 10.1. The Labute approximate surface area is 131 Å². The standard InChI is InChI=1S/C15H16BrNO2S/c1-17(2)11-5-3-10(4-6-11)13-9-12(16)14(20-13)15-18-7-8-19-15/h3-6,9,15H,7-8H2,1-2H3. The van der Waals surface area contributed by atoms with Crippen molar-refractivity contribution < 1.29 is 9.47 Å². The van der Waals surface area contributed by atoms with Gasteiger partial charge in [0.15, 0.2) is 6.29 Å². The molecule has 1 saturated heterocycles. The van der Waals surface area contributed by atoms with Gasteiger partial charge in [-0.15, -0.1) is 11.3 Å². The molecule has 1 fully saturated rings. The quantitative estimate of drug-likeness (QED) is 0.821. The van der Waals surface area contributed by atoms with Crippen LogP contribution in [0.5, 0.6) is 0 Å². The molecule has 3 nitrogen and oxygen atoms in total. The molecule has 0 unspecified atom stereocenters. The van der Waals surface area contributed by atoms with Gasteiger partial charge in [-0.2, -0.15) is 0 Å². The van der Waals surface area contributed by atoms with Crippen LogP contribution in [0.1, 0.15) is 11.2 Å². The van der Waals surface area contributed by atoms with E-state index in [1.54, 1.807) is 11.3 Å². The predicted octanol–water partition coefficient (Wildman–Crippen LogP) is 4.29. The molecule has 1 aliphatic heterocycles. The van der Waals surface area contributed by atoms with E-state index in [2.05, 4.69) is 51.2 Å². The van der Waals surface area contributed by atoms with Crippen LogP contribution in [-0.2, 0) is 9.47 Å². The highest BCUT2D eigenvalue weighted by atomic mass is 79.9. The van der Waals surface area contributed by atoms with Crippen LogP contribution in [0.25, 0.3) is 10.4 Å². The highest BCUT2D eigenvalue weighted by Gasteiger charge is 2.23. The normalized spacial score (nSPS) is 15.8. The summed E-state index contributed by atoms with van der Waals surface area (Å²) in [5, 5.41) is 0. The first-order valence-electron chi connectivity index (χ1n) is 6.45. The molecule has 0 radical (unpaired) electrons. The number of benzene rings is 1. The Balaban J connectivity index is 1.88. The average molecular weight is 354 g/mol. The zero-order chi connectivity index (χ0) is 14.1. The zero-order valence-electron chi connectivity index (χ0n) is 11.4. The molecule has 1 aromatic carbocycles. The van der Waals surface area contributed by atoms with Crippen molar-refractivity contribution >= 4 is 33.0 Å². The van der Waals surface area contributed by atoms with Gasteiger partial charge in [0.25, 0.3) is 0 Å². The second-order valence-corrected chi connectivity index (χ2v) is 6.78. The number of hydrogen-bond acceptors (Lipinski definition) is 4. The summed E-state index contributed by atoms with van der Waals surface area (Å²) in [6.07, 6.45) is -0.218. The molecule has 1 aliphatic rings. The number of rotatable bonds is 3. The van der Waals surface area contributed by atoms with Crippen LogP contribution >= 0.6 is 27.3 Å². The minimum Gasteiger partial charge on any atom is -0.378 e. The molecular formula is C15H16BrNO2S. The molecule has 3 rings (SSSR count). The monoisotopic (exact) mass is 353 g/mol. The maximum absolute atomic E-state index is 5.57. The van der Waals surface area contributed by atoms with Crippen molar-refractivity contribution in [2.24, 2.45) is 0 Å². The van der Waals surface area contributed by atoms with E-state index in [0.29, 0.717) is 13.2 Å². The fourth-order valence-electron chi connectivity index (χ4n) is 2.12. The van der Waals surface area contributed by atoms with Crippen LogP contribution in [-0.4, -0.2) is 27.3 Å². The second kappa shape index (κ2) is 5.85. The van der Waals surface area contributed by atoms with E-state index in [1.807, 2.05) is 14.1 Å². The molecule has 5 heteroatoms. The van der Waals surface area contributed by atoms with Crippen molar-refractivity contribution in [3.05, 3.63) is 39.7 Å². The fraction of sp³-hybridized carbons (Fsp3) is 0.333. The number of anilines is 1. The molecule has 2 aromatic rings. The molecule has 1 aromatic heterocycles. The van der Waals surface area contributed by atoms with E-state index in [-0.39, 0.29) is 6.29 Å². The summed E-state index contributed by atoms with van der Waals surface area (Å²) >= 11 is 5.32. The molecule has 0 saturated carbocycles. The Morgan fingerprint density at radius 2 is 1.80 bits per heavy atom. The third kappa shape index (κ3) is 2.76. The highest BCUT2D eigenvalue weighted by molar-refractivity contribution is 9.10. The molecule has 0 N–H and O–H groups in total. The number of hydrogen-bond donors (Lipinski definition) is 0. The Hall–Kier alpha value is -0.880. The van der Waals surface area contributed by atoms with Crippen molar-refractivity contribution in [2.45, 2.75) is 6.29 Å². The van der Waals surface area contributed by atoms with Gasteiger partial charge < -0.3 is 14.4 Å². The van der Waals surface area contributed by atoms with Gasteiger partial charge in [-0.1, -0.05) is 12.1 Å². The smallest absolute Gasteiger partial charge is 0.194 e. The van der Waals surface area contributed by atoms with Gasteiger partial charge in [0, 0.05) is 29.1 Å². The topological polar surface area (TPSA) is 21.7 Å². The van der Waals surface area contributed by atoms with Crippen molar-refractivity contribution in [1.82, 2.24) is 0 Å². The third-order valence-corrected chi connectivity index (χ3v) is 5.34. The lowest BCUT2D eigenvalue weighted by Crippen LogP contribution is -2.07. The van der Waals surface area contributed by atoms with Crippen molar-refractivity contribution in [2.75, 3.05) is 32.2 Å². The molecule has 20 heavy (non-hydrogen) atoms. The highest BCUT2D eigenvalue weighted by Crippen LogP contribution is 2.41. The van der Waals surface area contributed by atoms with E-state index in [1.165, 1.54) is 16.1 Å². The Morgan fingerprint density at radius 1 is 1.15 bits per heavy atom. The molecule has 0 amide bonds. The summed E-state index contributed by atoms with van der Waals surface area (Å²) < 4.78 is 12.2. The second-order valence-electron chi connectivity index (χ2n) is 4.84. The Kier molecular flexibility index (Phi) is 4.12. The van der Waals surface area contributed by atoms with E-state index in [0.717, 1.165) is 9.35 Å². The minimum atomic E-state index is -0.218. The van der Waals surface area contributed by atoms with E-state index >= 15 is 0 Å². The van der Waals surface area contributed by atoms with E-state index < -0.39 is 0 Å². The Morgan fingerprint density at radius 3 is 2.40 bits per heavy atom. The molecule has 0 bridgehead atoms. The first-order chi connectivity index (χ1) is 9.65. The maximum Gasteiger partial charge on any atom is 0.194 e. The van der Waals surface area contributed by atoms with E-state index in [9.17, 15) is 0 Å². The van der Waals surface area contributed by atoms with Gasteiger partial charge in [0.2, 0.25) is 0 Å². The van der Waals surface area contributed by atoms with Gasteiger partial charge in [-0.25, -0.2) is 0 Å². The summed E-state index contributed by atoms with van der Waals surface area (Å²) in [5.74, 6) is 0. The lowest BCUT2D eigenvalue weighted by molar-refractivity contribution is -0.0418. The number of nitrogens with zero attached hydrogens (tertiary/aromatic N) is 1. The number of halogens is 1. The third-order valence-electron chi connectivity index (χ3n) is 3.22. The largest absolute Gasteiger partial charge is 0.378 e. The molecule has 0 aliphatic carbocycles. The molecule has 2 heterocycles. The fourth-order valence-corrected chi connectivity index (χ4v) is 3.99. The first kappa shape index (κ1) is 14.1. The summed E-state index contributed by atoms with van der Waals surface area (Å²) in [5.41, 5.74) is 2.41. The first-order valence-corrected chi connectivity index (χ1v) is 8.06. The molecule has 106 valence electrons. The van der Waals surface area contributed by atoms with Crippen molar-refractivity contribution in [1.29, 1.82) is 0 Å². The number of ether oxygens (including phenoxy) is 2. The van der Waals surface area contributed by atoms with Crippen LogP contribution in [0.4, 0.5) is 5.69 Å². The van der Waals surface area contributed by atoms with Gasteiger partial charge in [0.1, 0.15) is 0 Å². The van der Waals surface area contributed by atoms with E-state index in [4.69, 9.17) is 9.47 Å².